The number of Topliss-reactive ketones (excluding diaryl/α,β-unsaturated/α-hetero) is 1. The fourth-order valence-corrected chi connectivity index (χ4v) is 3.16. The molecule has 2 atom stereocenters. The quantitative estimate of drug-likeness (QED) is 0.682. The summed E-state index contributed by atoms with van der Waals surface area (Å²) in [5, 5.41) is 3.32. The second-order valence-electron chi connectivity index (χ2n) is 5.82. The van der Waals surface area contributed by atoms with Crippen molar-refractivity contribution >= 4 is 5.78 Å². The first-order valence-electron chi connectivity index (χ1n) is 7.25. The van der Waals surface area contributed by atoms with E-state index < -0.39 is 17.9 Å². The number of rotatable bonds is 3. The Morgan fingerprint density at radius 2 is 1.87 bits per heavy atom. The number of halogens is 4. The van der Waals surface area contributed by atoms with Crippen molar-refractivity contribution < 1.29 is 31.8 Å². The number of morpholine rings is 1. The molecule has 23 heavy (non-hydrogen) atoms. The van der Waals surface area contributed by atoms with Crippen LogP contribution in [0.1, 0.15) is 23.2 Å². The number of alkyl halides is 3. The van der Waals surface area contributed by atoms with Crippen LogP contribution < -0.4 is 10.1 Å². The van der Waals surface area contributed by atoms with Gasteiger partial charge < -0.3 is 14.8 Å². The Bertz CT molecular complexity index is 593. The lowest BCUT2D eigenvalue weighted by atomic mass is 9.82. The molecule has 2 fully saturated rings. The normalized spacial score (nSPS) is 27.6. The summed E-state index contributed by atoms with van der Waals surface area (Å²) in [4.78, 5) is 12.5. The van der Waals surface area contributed by atoms with E-state index in [2.05, 4.69) is 10.1 Å². The van der Waals surface area contributed by atoms with E-state index in [1.807, 2.05) is 0 Å². The predicted molar refractivity (Wildman–Crippen MR) is 71.7 cm³/mol. The third-order valence-electron chi connectivity index (χ3n) is 4.06. The Morgan fingerprint density at radius 3 is 2.43 bits per heavy atom. The largest absolute Gasteiger partial charge is 0.573 e. The van der Waals surface area contributed by atoms with Gasteiger partial charge in [-0.3, -0.25) is 4.79 Å². The van der Waals surface area contributed by atoms with E-state index in [0.29, 0.717) is 32.1 Å². The third kappa shape index (κ3) is 3.81. The zero-order chi connectivity index (χ0) is 16.6. The highest BCUT2D eigenvalue weighted by atomic mass is 19.4. The van der Waals surface area contributed by atoms with Crippen LogP contribution in [0.5, 0.6) is 5.75 Å². The average molecular weight is 333 g/mol. The SMILES string of the molecule is O=C(c1ccc(OC(F)(F)F)cc1F)C1CC2COCC(C1)N2. The molecule has 4 nitrogen and oxygen atoms in total. The number of ketones is 1. The van der Waals surface area contributed by atoms with Crippen LogP contribution >= 0.6 is 0 Å². The average Bonchev–Trinajstić information content (AvgIpc) is 2.44. The zero-order valence-corrected chi connectivity index (χ0v) is 12.0. The van der Waals surface area contributed by atoms with Crippen LogP contribution in [0.15, 0.2) is 18.2 Å². The van der Waals surface area contributed by atoms with Gasteiger partial charge in [0.05, 0.1) is 18.8 Å². The van der Waals surface area contributed by atoms with Gasteiger partial charge in [-0.15, -0.1) is 13.2 Å². The summed E-state index contributed by atoms with van der Waals surface area (Å²) in [5.74, 6) is -2.43. The number of hydrogen-bond acceptors (Lipinski definition) is 4. The first-order valence-corrected chi connectivity index (χ1v) is 7.25. The number of hydrogen-bond donors (Lipinski definition) is 1. The highest BCUT2D eigenvalue weighted by Gasteiger charge is 2.36. The summed E-state index contributed by atoms with van der Waals surface area (Å²) in [6, 6.07) is 2.69. The summed E-state index contributed by atoms with van der Waals surface area (Å²) in [6.07, 6.45) is -3.85. The van der Waals surface area contributed by atoms with Gasteiger partial charge in [0, 0.05) is 24.1 Å². The van der Waals surface area contributed by atoms with E-state index >= 15 is 0 Å². The van der Waals surface area contributed by atoms with Crippen molar-refractivity contribution in [1.29, 1.82) is 0 Å². The lowest BCUT2D eigenvalue weighted by Gasteiger charge is -2.39. The Hall–Kier alpha value is -1.67. The topological polar surface area (TPSA) is 47.6 Å². The maximum atomic E-state index is 14.0. The Kier molecular flexibility index (Phi) is 4.29. The standard InChI is InChI=1S/C15H15F4NO3/c16-13-5-11(23-15(17,18)19)1-2-12(13)14(21)8-3-9-6-22-7-10(4-8)20-9/h1-2,5,8-10,20H,3-4,6-7H2. The van der Waals surface area contributed by atoms with Gasteiger partial charge in [0.25, 0.3) is 0 Å². The molecule has 0 radical (unpaired) electrons. The maximum absolute atomic E-state index is 14.0. The molecule has 0 spiro atoms. The summed E-state index contributed by atoms with van der Waals surface area (Å²) in [5.41, 5.74) is -0.203. The van der Waals surface area contributed by atoms with Crippen molar-refractivity contribution in [2.24, 2.45) is 5.92 Å². The second-order valence-corrected chi connectivity index (χ2v) is 5.82. The number of piperidine rings is 1. The molecule has 2 saturated heterocycles. The molecule has 126 valence electrons. The zero-order valence-electron chi connectivity index (χ0n) is 12.0. The van der Waals surface area contributed by atoms with Gasteiger partial charge in [0.15, 0.2) is 5.78 Å². The molecule has 2 bridgehead atoms. The van der Waals surface area contributed by atoms with Crippen LogP contribution in [-0.2, 0) is 4.74 Å². The van der Waals surface area contributed by atoms with Crippen LogP contribution in [0.25, 0.3) is 0 Å². The van der Waals surface area contributed by atoms with Crippen molar-refractivity contribution in [2.45, 2.75) is 31.3 Å². The van der Waals surface area contributed by atoms with Crippen LogP contribution in [-0.4, -0.2) is 37.4 Å². The lowest BCUT2D eigenvalue weighted by molar-refractivity contribution is -0.274. The van der Waals surface area contributed by atoms with Crippen molar-refractivity contribution in [2.75, 3.05) is 13.2 Å². The van der Waals surface area contributed by atoms with E-state index in [9.17, 15) is 22.4 Å². The molecule has 0 aromatic heterocycles. The summed E-state index contributed by atoms with van der Waals surface area (Å²) in [6.45, 7) is 1.00. The molecule has 2 aliphatic heterocycles. The van der Waals surface area contributed by atoms with Gasteiger partial charge >= 0.3 is 6.36 Å². The molecule has 0 saturated carbocycles. The van der Waals surface area contributed by atoms with Gasteiger partial charge in [-0.2, -0.15) is 0 Å². The number of fused-ring (bicyclic) bond motifs is 2. The lowest BCUT2D eigenvalue weighted by Crippen LogP contribution is -2.55. The van der Waals surface area contributed by atoms with E-state index in [1.165, 1.54) is 0 Å². The van der Waals surface area contributed by atoms with Crippen LogP contribution in [0, 0.1) is 11.7 Å². The number of carbonyl (C=O) groups excluding carboxylic acids is 1. The van der Waals surface area contributed by atoms with Gasteiger partial charge in [-0.1, -0.05) is 0 Å². The molecule has 2 aliphatic rings. The minimum atomic E-state index is -4.90. The number of carbonyl (C=O) groups is 1. The van der Waals surface area contributed by atoms with Gasteiger partial charge in [-0.25, -0.2) is 4.39 Å². The van der Waals surface area contributed by atoms with Crippen LogP contribution in [0.4, 0.5) is 17.6 Å². The molecule has 0 aliphatic carbocycles. The minimum Gasteiger partial charge on any atom is -0.406 e. The molecule has 8 heteroatoms. The van der Waals surface area contributed by atoms with E-state index in [0.717, 1.165) is 12.1 Å². The molecular formula is C15H15F4NO3. The fraction of sp³-hybridized carbons (Fsp3) is 0.533. The van der Waals surface area contributed by atoms with Crippen molar-refractivity contribution in [3.8, 4) is 5.75 Å². The van der Waals surface area contributed by atoms with Crippen molar-refractivity contribution in [3.63, 3.8) is 0 Å². The molecule has 0 amide bonds. The number of benzene rings is 1. The van der Waals surface area contributed by atoms with E-state index in [4.69, 9.17) is 4.74 Å². The summed E-state index contributed by atoms with van der Waals surface area (Å²) in [7, 11) is 0. The molecule has 2 heterocycles. The highest BCUT2D eigenvalue weighted by Crippen LogP contribution is 2.30. The molecule has 2 unspecified atom stereocenters. The first-order chi connectivity index (χ1) is 10.8. The summed E-state index contributed by atoms with van der Waals surface area (Å²) >= 11 is 0. The van der Waals surface area contributed by atoms with Crippen LogP contribution in [0.2, 0.25) is 0 Å². The first kappa shape index (κ1) is 16.2. The highest BCUT2D eigenvalue weighted by molar-refractivity contribution is 5.98. The second kappa shape index (κ2) is 6.09. The minimum absolute atomic E-state index is 0.0485. The van der Waals surface area contributed by atoms with Gasteiger partial charge in [-0.05, 0) is 25.0 Å². The molecule has 1 aromatic carbocycles. The molecule has 3 rings (SSSR count). The monoisotopic (exact) mass is 333 g/mol. The Balaban J connectivity index is 1.74. The van der Waals surface area contributed by atoms with Crippen molar-refractivity contribution in [3.05, 3.63) is 29.6 Å². The summed E-state index contributed by atoms with van der Waals surface area (Å²) < 4.78 is 59.4. The smallest absolute Gasteiger partial charge is 0.406 e. The Morgan fingerprint density at radius 1 is 1.22 bits per heavy atom. The maximum Gasteiger partial charge on any atom is 0.573 e. The molecular weight excluding hydrogens is 318 g/mol. The van der Waals surface area contributed by atoms with Gasteiger partial charge in [0.1, 0.15) is 11.6 Å². The Labute approximate surface area is 129 Å². The van der Waals surface area contributed by atoms with Crippen LogP contribution in [0.3, 0.4) is 0 Å². The van der Waals surface area contributed by atoms with Gasteiger partial charge in [0.2, 0.25) is 0 Å². The van der Waals surface area contributed by atoms with Crippen molar-refractivity contribution in [1.82, 2.24) is 5.32 Å². The molecule has 1 N–H and O–H groups in total. The number of ether oxygens (including phenoxy) is 2. The molecule has 1 aromatic rings. The fourth-order valence-electron chi connectivity index (χ4n) is 3.16. The number of nitrogens with one attached hydrogen (secondary N) is 1. The third-order valence-corrected chi connectivity index (χ3v) is 4.06. The predicted octanol–water partition coefficient (Wildman–Crippen LogP) is 2.67. The van der Waals surface area contributed by atoms with E-state index in [-0.39, 0.29) is 29.3 Å². The van der Waals surface area contributed by atoms with E-state index in [1.54, 1.807) is 0 Å².